The summed E-state index contributed by atoms with van der Waals surface area (Å²) in [6.45, 7) is 1.69. The van der Waals surface area contributed by atoms with Gasteiger partial charge in [0.2, 0.25) is 0 Å². The van der Waals surface area contributed by atoms with E-state index in [1.54, 1.807) is 6.92 Å². The number of aliphatic hydroxyl groups is 1. The maximum Gasteiger partial charge on any atom is 0.134 e. The van der Waals surface area contributed by atoms with E-state index in [-0.39, 0.29) is 6.42 Å². The lowest BCUT2D eigenvalue weighted by atomic mass is 9.97. The van der Waals surface area contributed by atoms with Crippen LogP contribution in [0.5, 0.6) is 0 Å². The molecule has 0 aliphatic rings. The van der Waals surface area contributed by atoms with Crippen molar-refractivity contribution in [2.45, 2.75) is 19.4 Å². The van der Waals surface area contributed by atoms with Gasteiger partial charge in [0, 0.05) is 18.6 Å². The van der Waals surface area contributed by atoms with E-state index >= 15 is 0 Å². The van der Waals surface area contributed by atoms with Crippen LogP contribution in [-0.2, 0) is 6.42 Å². The summed E-state index contributed by atoms with van der Waals surface area (Å²) in [5.41, 5.74) is 0.504. The summed E-state index contributed by atoms with van der Waals surface area (Å²) in [5, 5.41) is 9.92. The highest BCUT2D eigenvalue weighted by Crippen LogP contribution is 2.26. The second-order valence-corrected chi connectivity index (χ2v) is 4.57. The van der Waals surface area contributed by atoms with Crippen LogP contribution < -0.4 is 0 Å². The Morgan fingerprint density at radius 1 is 0.950 bits per heavy atom. The minimum atomic E-state index is -1.52. The molecule has 0 saturated carbocycles. The molecule has 106 valence electrons. The van der Waals surface area contributed by atoms with Crippen LogP contribution in [0.15, 0.2) is 30.3 Å². The van der Waals surface area contributed by atoms with Crippen LogP contribution in [0.4, 0.5) is 17.6 Å². The molecule has 2 aromatic carbocycles. The summed E-state index contributed by atoms with van der Waals surface area (Å²) < 4.78 is 53.0. The summed E-state index contributed by atoms with van der Waals surface area (Å²) in [5.74, 6) is -3.89. The van der Waals surface area contributed by atoms with Gasteiger partial charge in [0.15, 0.2) is 0 Å². The standard InChI is InChI=1S/C15H12F4O/c1-8-2-3-10(16)4-9(8)5-14(20)15-12(18)6-11(17)7-13(15)19/h2-4,6-7,14,20H,5H2,1H3. The molecule has 1 N–H and O–H groups in total. The maximum atomic E-state index is 13.5. The van der Waals surface area contributed by atoms with Gasteiger partial charge in [-0.15, -0.1) is 0 Å². The number of aryl methyl sites for hydroxylation is 1. The summed E-state index contributed by atoms with van der Waals surface area (Å²) in [6.07, 6.45) is -1.68. The van der Waals surface area contributed by atoms with Gasteiger partial charge in [0.05, 0.1) is 11.7 Å². The third-order valence-corrected chi connectivity index (χ3v) is 3.10. The second-order valence-electron chi connectivity index (χ2n) is 4.57. The van der Waals surface area contributed by atoms with E-state index in [9.17, 15) is 22.7 Å². The quantitative estimate of drug-likeness (QED) is 0.849. The van der Waals surface area contributed by atoms with Gasteiger partial charge in [-0.3, -0.25) is 0 Å². The first kappa shape index (κ1) is 14.5. The number of rotatable bonds is 3. The highest BCUT2D eigenvalue weighted by Gasteiger charge is 2.20. The zero-order valence-corrected chi connectivity index (χ0v) is 10.6. The van der Waals surface area contributed by atoms with E-state index in [1.807, 2.05) is 0 Å². The van der Waals surface area contributed by atoms with Crippen LogP contribution in [0, 0.1) is 30.2 Å². The zero-order valence-electron chi connectivity index (χ0n) is 10.6. The number of hydrogen-bond donors (Lipinski definition) is 1. The van der Waals surface area contributed by atoms with Crippen molar-refractivity contribution in [2.75, 3.05) is 0 Å². The Morgan fingerprint density at radius 2 is 1.55 bits per heavy atom. The average Bonchev–Trinajstić information content (AvgIpc) is 2.32. The van der Waals surface area contributed by atoms with E-state index in [1.165, 1.54) is 18.2 Å². The molecule has 0 aliphatic carbocycles. The molecule has 0 saturated heterocycles. The van der Waals surface area contributed by atoms with Crippen LogP contribution in [0.2, 0.25) is 0 Å². The van der Waals surface area contributed by atoms with Gasteiger partial charge in [-0.25, -0.2) is 17.6 Å². The Balaban J connectivity index is 2.33. The second kappa shape index (κ2) is 5.63. The summed E-state index contributed by atoms with van der Waals surface area (Å²) in [4.78, 5) is 0. The first-order chi connectivity index (χ1) is 9.38. The number of halogens is 4. The maximum absolute atomic E-state index is 13.5. The molecule has 20 heavy (non-hydrogen) atoms. The highest BCUT2D eigenvalue weighted by molar-refractivity contribution is 5.30. The highest BCUT2D eigenvalue weighted by atomic mass is 19.1. The predicted molar refractivity (Wildman–Crippen MR) is 66.1 cm³/mol. The van der Waals surface area contributed by atoms with Crippen molar-refractivity contribution in [2.24, 2.45) is 0 Å². The van der Waals surface area contributed by atoms with Crippen LogP contribution in [0.1, 0.15) is 22.8 Å². The van der Waals surface area contributed by atoms with E-state index in [4.69, 9.17) is 0 Å². The molecule has 0 amide bonds. The van der Waals surface area contributed by atoms with E-state index < -0.39 is 34.9 Å². The molecule has 1 nitrogen and oxygen atoms in total. The van der Waals surface area contributed by atoms with Gasteiger partial charge in [-0.1, -0.05) is 6.07 Å². The van der Waals surface area contributed by atoms with Crippen molar-refractivity contribution >= 4 is 0 Å². The lowest BCUT2D eigenvalue weighted by molar-refractivity contribution is 0.167. The van der Waals surface area contributed by atoms with Crippen molar-refractivity contribution in [1.29, 1.82) is 0 Å². The molecule has 0 spiro atoms. The molecule has 0 aromatic heterocycles. The molecule has 0 fully saturated rings. The monoisotopic (exact) mass is 284 g/mol. The zero-order chi connectivity index (χ0) is 14.9. The summed E-state index contributed by atoms with van der Waals surface area (Å²) in [7, 11) is 0. The number of benzene rings is 2. The lowest BCUT2D eigenvalue weighted by Gasteiger charge is -2.14. The lowest BCUT2D eigenvalue weighted by Crippen LogP contribution is -2.09. The normalized spacial score (nSPS) is 12.5. The molecule has 5 heteroatoms. The van der Waals surface area contributed by atoms with Crippen molar-refractivity contribution in [3.05, 3.63) is 70.3 Å². The van der Waals surface area contributed by atoms with Gasteiger partial charge in [0.25, 0.3) is 0 Å². The molecule has 1 unspecified atom stereocenters. The van der Waals surface area contributed by atoms with Crippen molar-refractivity contribution < 1.29 is 22.7 Å². The molecule has 2 aromatic rings. The summed E-state index contributed by atoms with van der Waals surface area (Å²) >= 11 is 0. The SMILES string of the molecule is Cc1ccc(F)cc1CC(O)c1c(F)cc(F)cc1F. The Morgan fingerprint density at radius 3 is 2.15 bits per heavy atom. The Hall–Kier alpha value is -1.88. The third kappa shape index (κ3) is 2.99. The largest absolute Gasteiger partial charge is 0.388 e. The molecule has 0 bridgehead atoms. The molecular formula is C15H12F4O. The first-order valence-electron chi connectivity index (χ1n) is 5.96. The van der Waals surface area contributed by atoms with Crippen LogP contribution in [-0.4, -0.2) is 5.11 Å². The van der Waals surface area contributed by atoms with E-state index in [2.05, 4.69) is 0 Å². The number of hydrogen-bond acceptors (Lipinski definition) is 1. The van der Waals surface area contributed by atoms with Crippen molar-refractivity contribution in [3.8, 4) is 0 Å². The van der Waals surface area contributed by atoms with Crippen LogP contribution in [0.25, 0.3) is 0 Å². The van der Waals surface area contributed by atoms with Crippen LogP contribution in [0.3, 0.4) is 0 Å². The van der Waals surface area contributed by atoms with Crippen molar-refractivity contribution in [3.63, 3.8) is 0 Å². The minimum Gasteiger partial charge on any atom is -0.388 e. The average molecular weight is 284 g/mol. The fourth-order valence-corrected chi connectivity index (χ4v) is 2.04. The van der Waals surface area contributed by atoms with Gasteiger partial charge in [0.1, 0.15) is 23.3 Å². The predicted octanol–water partition coefficient (Wildman–Crippen LogP) is 3.83. The molecular weight excluding hydrogens is 272 g/mol. The third-order valence-electron chi connectivity index (χ3n) is 3.10. The topological polar surface area (TPSA) is 20.2 Å². The molecule has 1 atom stereocenters. The summed E-state index contributed by atoms with van der Waals surface area (Å²) in [6, 6.07) is 4.96. The van der Waals surface area contributed by atoms with Gasteiger partial charge >= 0.3 is 0 Å². The van der Waals surface area contributed by atoms with E-state index in [0.29, 0.717) is 23.3 Å². The molecule has 2 rings (SSSR count). The molecule has 0 radical (unpaired) electrons. The molecule has 0 heterocycles. The Labute approximate surface area is 113 Å². The van der Waals surface area contributed by atoms with Gasteiger partial charge < -0.3 is 5.11 Å². The minimum absolute atomic E-state index is 0.164. The van der Waals surface area contributed by atoms with Crippen molar-refractivity contribution in [1.82, 2.24) is 0 Å². The van der Waals surface area contributed by atoms with E-state index in [0.717, 1.165) is 0 Å². The van der Waals surface area contributed by atoms with Gasteiger partial charge in [-0.2, -0.15) is 0 Å². The van der Waals surface area contributed by atoms with Gasteiger partial charge in [-0.05, 0) is 30.2 Å². The number of aliphatic hydroxyl groups excluding tert-OH is 1. The smallest absolute Gasteiger partial charge is 0.134 e. The Bertz CT molecular complexity index is 617. The first-order valence-corrected chi connectivity index (χ1v) is 5.96. The molecule has 0 aliphatic heterocycles. The van der Waals surface area contributed by atoms with Crippen LogP contribution >= 0.6 is 0 Å². The fourth-order valence-electron chi connectivity index (χ4n) is 2.04. The Kier molecular flexibility index (Phi) is 4.09. The fraction of sp³-hybridized carbons (Fsp3) is 0.200.